The van der Waals surface area contributed by atoms with Crippen LogP contribution in [0.15, 0.2) is 28.7 Å². The minimum Gasteiger partial charge on any atom is -0.417 e. The van der Waals surface area contributed by atoms with Crippen LogP contribution in [0.5, 0.6) is 0 Å². The molecule has 1 aromatic carbocycles. The van der Waals surface area contributed by atoms with Crippen LogP contribution in [0.4, 0.5) is 18.9 Å². The molecule has 0 aliphatic carbocycles. The summed E-state index contributed by atoms with van der Waals surface area (Å²) < 4.78 is 42.3. The van der Waals surface area contributed by atoms with E-state index in [1.54, 1.807) is 24.3 Å². The molecule has 0 spiro atoms. The van der Waals surface area contributed by atoms with E-state index in [0.717, 1.165) is 0 Å². The molecule has 27 heavy (non-hydrogen) atoms. The number of hydrogen-bond acceptors (Lipinski definition) is 6. The van der Waals surface area contributed by atoms with Crippen LogP contribution in [0.2, 0.25) is 0 Å². The predicted molar refractivity (Wildman–Crippen MR) is 87.5 cm³/mol. The van der Waals surface area contributed by atoms with Crippen molar-refractivity contribution in [2.24, 2.45) is 0 Å². The molecule has 2 heterocycles. The number of rotatable bonds is 4. The fourth-order valence-corrected chi connectivity index (χ4v) is 2.88. The molecule has 1 aliphatic heterocycles. The monoisotopic (exact) mass is 379 g/mol. The average molecular weight is 379 g/mol. The molecule has 1 fully saturated rings. The minimum absolute atomic E-state index is 0.0102. The summed E-state index contributed by atoms with van der Waals surface area (Å²) in [5, 5.41) is 18.1. The van der Waals surface area contributed by atoms with Crippen molar-refractivity contribution in [2.45, 2.75) is 24.9 Å². The summed E-state index contributed by atoms with van der Waals surface area (Å²) in [7, 11) is 0. The lowest BCUT2D eigenvalue weighted by Crippen LogP contribution is -2.38. The van der Waals surface area contributed by atoms with Gasteiger partial charge in [-0.15, -0.1) is 10.2 Å². The van der Waals surface area contributed by atoms with Crippen LogP contribution in [0, 0.1) is 11.3 Å². The standard InChI is InChI=1S/C17H16F3N5O2/c18-17(19,20)16-24-23-15(27-16)12-5-7-25(8-6-12)10-14(26)22-13-3-1-11(9-21)2-4-13/h1-4,12H,5-8,10H2,(H,22,26). The van der Waals surface area contributed by atoms with Gasteiger partial charge in [0, 0.05) is 11.6 Å². The van der Waals surface area contributed by atoms with Gasteiger partial charge in [0.25, 0.3) is 0 Å². The van der Waals surface area contributed by atoms with Gasteiger partial charge in [-0.05, 0) is 50.2 Å². The average Bonchev–Trinajstić information content (AvgIpc) is 3.13. The second kappa shape index (κ2) is 7.75. The molecule has 10 heteroatoms. The smallest absolute Gasteiger partial charge is 0.417 e. The van der Waals surface area contributed by atoms with E-state index in [0.29, 0.717) is 37.2 Å². The Labute approximate surface area is 152 Å². The van der Waals surface area contributed by atoms with Crippen molar-refractivity contribution in [3.8, 4) is 6.07 Å². The van der Waals surface area contributed by atoms with Crippen molar-refractivity contribution in [3.05, 3.63) is 41.6 Å². The molecule has 1 amide bonds. The molecular weight excluding hydrogens is 363 g/mol. The molecule has 1 N–H and O–H groups in total. The fraction of sp³-hybridized carbons (Fsp3) is 0.412. The number of carbonyl (C=O) groups excluding carboxylic acids is 1. The molecule has 0 radical (unpaired) electrons. The van der Waals surface area contributed by atoms with Gasteiger partial charge in [0.2, 0.25) is 11.8 Å². The minimum atomic E-state index is -4.64. The Kier molecular flexibility index (Phi) is 5.41. The van der Waals surface area contributed by atoms with Crippen LogP contribution in [-0.2, 0) is 11.0 Å². The van der Waals surface area contributed by atoms with Crippen molar-refractivity contribution < 1.29 is 22.4 Å². The highest BCUT2D eigenvalue weighted by Gasteiger charge is 2.39. The third-order valence-corrected chi connectivity index (χ3v) is 4.28. The van der Waals surface area contributed by atoms with E-state index in [1.165, 1.54) is 0 Å². The molecule has 1 aliphatic rings. The van der Waals surface area contributed by atoms with Gasteiger partial charge in [-0.1, -0.05) is 0 Å². The maximum absolute atomic E-state index is 12.5. The molecular formula is C17H16F3N5O2. The summed E-state index contributed by atoms with van der Waals surface area (Å²) in [6, 6.07) is 8.52. The van der Waals surface area contributed by atoms with Crippen LogP contribution in [0.1, 0.15) is 36.1 Å². The van der Waals surface area contributed by atoms with Crippen LogP contribution in [0.25, 0.3) is 0 Å². The number of nitriles is 1. The quantitative estimate of drug-likeness (QED) is 0.878. The van der Waals surface area contributed by atoms with Gasteiger partial charge in [0.1, 0.15) is 0 Å². The summed E-state index contributed by atoms with van der Waals surface area (Å²) in [4.78, 5) is 14.0. The number of anilines is 1. The van der Waals surface area contributed by atoms with E-state index in [-0.39, 0.29) is 24.3 Å². The molecule has 2 aromatic rings. The van der Waals surface area contributed by atoms with Crippen LogP contribution in [0.3, 0.4) is 0 Å². The zero-order valence-electron chi connectivity index (χ0n) is 14.2. The highest BCUT2D eigenvalue weighted by molar-refractivity contribution is 5.92. The van der Waals surface area contributed by atoms with Gasteiger partial charge in [-0.3, -0.25) is 9.69 Å². The lowest BCUT2D eigenvalue weighted by atomic mass is 9.97. The molecule has 0 unspecified atom stereocenters. The highest BCUT2D eigenvalue weighted by atomic mass is 19.4. The van der Waals surface area contributed by atoms with E-state index >= 15 is 0 Å². The molecule has 0 saturated carbocycles. The lowest BCUT2D eigenvalue weighted by molar-refractivity contribution is -0.157. The highest BCUT2D eigenvalue weighted by Crippen LogP contribution is 2.32. The molecule has 0 atom stereocenters. The zero-order valence-corrected chi connectivity index (χ0v) is 14.2. The number of carbonyl (C=O) groups is 1. The van der Waals surface area contributed by atoms with Crippen molar-refractivity contribution in [1.82, 2.24) is 15.1 Å². The van der Waals surface area contributed by atoms with E-state index in [1.807, 2.05) is 11.0 Å². The van der Waals surface area contributed by atoms with E-state index in [2.05, 4.69) is 15.5 Å². The lowest BCUT2D eigenvalue weighted by Gasteiger charge is -2.29. The predicted octanol–water partition coefficient (Wildman–Crippen LogP) is 2.78. The maximum atomic E-state index is 12.5. The first-order valence-corrected chi connectivity index (χ1v) is 8.28. The molecule has 142 valence electrons. The Morgan fingerprint density at radius 2 is 1.93 bits per heavy atom. The second-order valence-corrected chi connectivity index (χ2v) is 6.23. The van der Waals surface area contributed by atoms with E-state index < -0.39 is 12.1 Å². The SMILES string of the molecule is N#Cc1ccc(NC(=O)CN2CCC(c3nnc(C(F)(F)F)o3)CC2)cc1. The number of alkyl halides is 3. The van der Waals surface area contributed by atoms with Crippen molar-refractivity contribution in [1.29, 1.82) is 5.26 Å². The topological polar surface area (TPSA) is 95.1 Å². The van der Waals surface area contributed by atoms with Gasteiger partial charge in [0.15, 0.2) is 0 Å². The summed E-state index contributed by atoms with van der Waals surface area (Å²) in [5.74, 6) is -1.78. The van der Waals surface area contributed by atoms with Crippen molar-refractivity contribution >= 4 is 11.6 Å². The Morgan fingerprint density at radius 3 is 2.48 bits per heavy atom. The number of nitrogens with zero attached hydrogens (tertiary/aromatic N) is 4. The zero-order chi connectivity index (χ0) is 19.4. The molecule has 1 aromatic heterocycles. The molecule has 7 nitrogen and oxygen atoms in total. The Morgan fingerprint density at radius 1 is 1.26 bits per heavy atom. The number of aromatic nitrogens is 2. The van der Waals surface area contributed by atoms with Gasteiger partial charge < -0.3 is 9.73 Å². The Hall–Kier alpha value is -2.93. The molecule has 1 saturated heterocycles. The number of nitrogens with one attached hydrogen (secondary N) is 1. The molecule has 3 rings (SSSR count). The first-order valence-electron chi connectivity index (χ1n) is 8.28. The second-order valence-electron chi connectivity index (χ2n) is 6.23. The number of benzene rings is 1. The molecule has 0 bridgehead atoms. The first kappa shape index (κ1) is 18.8. The summed E-state index contributed by atoms with van der Waals surface area (Å²) in [6.07, 6.45) is -3.58. The number of amides is 1. The number of likely N-dealkylation sites (tertiary alicyclic amines) is 1. The van der Waals surface area contributed by atoms with Gasteiger partial charge in [-0.2, -0.15) is 18.4 Å². The Balaban J connectivity index is 1.48. The largest absolute Gasteiger partial charge is 0.470 e. The summed E-state index contributed by atoms with van der Waals surface area (Å²) in [5.41, 5.74) is 1.10. The fourth-order valence-electron chi connectivity index (χ4n) is 2.88. The van der Waals surface area contributed by atoms with Gasteiger partial charge in [0.05, 0.1) is 18.2 Å². The summed E-state index contributed by atoms with van der Waals surface area (Å²) in [6.45, 7) is 1.24. The van der Waals surface area contributed by atoms with Crippen LogP contribution in [-0.4, -0.2) is 40.6 Å². The first-order chi connectivity index (χ1) is 12.8. The van der Waals surface area contributed by atoms with E-state index in [4.69, 9.17) is 9.68 Å². The third kappa shape index (κ3) is 4.83. The van der Waals surface area contributed by atoms with Gasteiger partial charge >= 0.3 is 12.1 Å². The van der Waals surface area contributed by atoms with Crippen LogP contribution < -0.4 is 5.32 Å². The van der Waals surface area contributed by atoms with E-state index in [9.17, 15) is 18.0 Å². The Bertz CT molecular complexity index is 833. The van der Waals surface area contributed by atoms with Gasteiger partial charge in [-0.25, -0.2) is 0 Å². The normalized spacial score (nSPS) is 16.1. The maximum Gasteiger partial charge on any atom is 0.470 e. The number of hydrogen-bond donors (Lipinski definition) is 1. The van der Waals surface area contributed by atoms with Crippen molar-refractivity contribution in [2.75, 3.05) is 25.0 Å². The third-order valence-electron chi connectivity index (χ3n) is 4.28. The van der Waals surface area contributed by atoms with Crippen LogP contribution >= 0.6 is 0 Å². The number of piperidine rings is 1. The van der Waals surface area contributed by atoms with Crippen molar-refractivity contribution in [3.63, 3.8) is 0 Å². The summed E-state index contributed by atoms with van der Waals surface area (Å²) >= 11 is 0. The number of halogens is 3.